The van der Waals surface area contributed by atoms with Crippen molar-refractivity contribution in [1.29, 1.82) is 5.26 Å². The minimum Gasteiger partial charge on any atom is -0.339 e. The zero-order valence-electron chi connectivity index (χ0n) is 16.0. The maximum Gasteiger partial charge on any atom is 0.246 e. The molecule has 2 aromatic heterocycles. The van der Waals surface area contributed by atoms with E-state index < -0.39 is 0 Å². The van der Waals surface area contributed by atoms with Crippen molar-refractivity contribution in [3.8, 4) is 17.2 Å². The van der Waals surface area contributed by atoms with Crippen LogP contribution in [0.25, 0.3) is 32.9 Å². The lowest BCUT2D eigenvalue weighted by Gasteiger charge is -2.39. The van der Waals surface area contributed by atoms with Crippen LogP contribution in [-0.4, -0.2) is 38.7 Å². The van der Waals surface area contributed by atoms with E-state index in [1.54, 1.807) is 4.90 Å². The zero-order chi connectivity index (χ0) is 20.1. The number of aromatic amines is 1. The number of amides is 1. The highest BCUT2D eigenvalue weighted by molar-refractivity contribution is 5.99. The van der Waals surface area contributed by atoms with Crippen LogP contribution in [-0.2, 0) is 4.79 Å². The number of aryl methyl sites for hydroxylation is 1. The molecule has 0 spiro atoms. The first kappa shape index (κ1) is 17.3. The quantitative estimate of drug-likeness (QED) is 0.546. The standard InChI is InChI=1S/C23H19N5O/c1-3-22(29)27-12-17(13-27)28-11-16(9-24)18-8-15(5-7-21(18)28)23-14(2)4-6-20-19(23)10-25-26-20/h3-8,10-11,17H,1,12-13H2,2H3,(H,25,26). The average molecular weight is 381 g/mol. The van der Waals surface area contributed by atoms with Crippen LogP contribution in [0.5, 0.6) is 0 Å². The van der Waals surface area contributed by atoms with Gasteiger partial charge < -0.3 is 9.47 Å². The minimum atomic E-state index is -0.0517. The van der Waals surface area contributed by atoms with Gasteiger partial charge in [-0.2, -0.15) is 10.4 Å². The van der Waals surface area contributed by atoms with E-state index in [1.165, 1.54) is 6.08 Å². The summed E-state index contributed by atoms with van der Waals surface area (Å²) in [5.41, 5.74) is 6.00. The molecule has 6 nitrogen and oxygen atoms in total. The van der Waals surface area contributed by atoms with Crippen molar-refractivity contribution in [1.82, 2.24) is 19.7 Å². The molecule has 1 N–H and O–H groups in total. The van der Waals surface area contributed by atoms with E-state index >= 15 is 0 Å². The fourth-order valence-corrected chi connectivity index (χ4v) is 4.25. The Morgan fingerprint density at radius 2 is 2.14 bits per heavy atom. The summed E-state index contributed by atoms with van der Waals surface area (Å²) in [5, 5.41) is 18.9. The minimum absolute atomic E-state index is 0.0517. The number of rotatable bonds is 3. The van der Waals surface area contributed by atoms with Crippen LogP contribution >= 0.6 is 0 Å². The number of aromatic nitrogens is 3. The van der Waals surface area contributed by atoms with Crippen molar-refractivity contribution in [2.24, 2.45) is 0 Å². The van der Waals surface area contributed by atoms with E-state index in [0.29, 0.717) is 18.7 Å². The number of nitriles is 1. The van der Waals surface area contributed by atoms with Crippen LogP contribution in [0.3, 0.4) is 0 Å². The van der Waals surface area contributed by atoms with Crippen molar-refractivity contribution in [3.05, 3.63) is 66.5 Å². The van der Waals surface area contributed by atoms with Crippen molar-refractivity contribution < 1.29 is 4.79 Å². The molecule has 0 unspecified atom stereocenters. The van der Waals surface area contributed by atoms with Gasteiger partial charge in [-0.1, -0.05) is 18.7 Å². The molecule has 0 radical (unpaired) electrons. The predicted octanol–water partition coefficient (Wildman–Crippen LogP) is 3.93. The van der Waals surface area contributed by atoms with Crippen molar-refractivity contribution in [3.63, 3.8) is 0 Å². The third-order valence-electron chi connectivity index (χ3n) is 5.82. The lowest BCUT2D eigenvalue weighted by atomic mass is 9.95. The van der Waals surface area contributed by atoms with Crippen LogP contribution in [0.4, 0.5) is 0 Å². The summed E-state index contributed by atoms with van der Waals surface area (Å²) in [7, 11) is 0. The number of fused-ring (bicyclic) bond motifs is 2. The maximum absolute atomic E-state index is 11.8. The zero-order valence-corrected chi connectivity index (χ0v) is 16.0. The Bertz CT molecular complexity index is 1330. The maximum atomic E-state index is 11.8. The molecule has 1 aliphatic heterocycles. The first-order valence-corrected chi connectivity index (χ1v) is 9.50. The molecule has 0 saturated carbocycles. The van der Waals surface area contributed by atoms with Crippen LogP contribution in [0, 0.1) is 18.3 Å². The number of carbonyl (C=O) groups is 1. The Morgan fingerprint density at radius 3 is 2.90 bits per heavy atom. The second-order valence-corrected chi connectivity index (χ2v) is 7.48. The molecule has 0 atom stereocenters. The Kier molecular flexibility index (Phi) is 3.78. The summed E-state index contributed by atoms with van der Waals surface area (Å²) in [5.74, 6) is -0.0517. The van der Waals surface area contributed by atoms with E-state index in [-0.39, 0.29) is 11.9 Å². The summed E-state index contributed by atoms with van der Waals surface area (Å²) in [6.07, 6.45) is 5.09. The highest BCUT2D eigenvalue weighted by Crippen LogP contribution is 2.36. The molecule has 1 amide bonds. The van der Waals surface area contributed by atoms with Gasteiger partial charge in [-0.15, -0.1) is 0 Å². The van der Waals surface area contributed by atoms with Gasteiger partial charge in [0.2, 0.25) is 5.91 Å². The Balaban J connectivity index is 1.61. The molecular formula is C23H19N5O. The Labute approximate surface area is 167 Å². The average Bonchev–Trinajstić information content (AvgIpc) is 3.31. The van der Waals surface area contributed by atoms with Crippen LogP contribution in [0.15, 0.2) is 55.4 Å². The Hall–Kier alpha value is -3.85. The van der Waals surface area contributed by atoms with Crippen LogP contribution < -0.4 is 0 Å². The lowest BCUT2D eigenvalue weighted by Crippen LogP contribution is -2.49. The van der Waals surface area contributed by atoms with E-state index in [2.05, 4.69) is 58.6 Å². The van der Waals surface area contributed by atoms with E-state index in [0.717, 1.165) is 38.5 Å². The fourth-order valence-electron chi connectivity index (χ4n) is 4.25. The summed E-state index contributed by atoms with van der Waals surface area (Å²) in [6, 6.07) is 12.9. The molecule has 4 aromatic rings. The number of nitrogens with one attached hydrogen (secondary N) is 1. The molecule has 0 bridgehead atoms. The first-order chi connectivity index (χ1) is 14.1. The molecule has 0 aliphatic carbocycles. The van der Waals surface area contributed by atoms with Gasteiger partial charge in [0.1, 0.15) is 6.07 Å². The molecule has 1 saturated heterocycles. The molecule has 5 rings (SSSR count). The molecule has 3 heterocycles. The van der Waals surface area contributed by atoms with Crippen LogP contribution in [0.2, 0.25) is 0 Å². The van der Waals surface area contributed by atoms with Crippen LogP contribution in [0.1, 0.15) is 17.2 Å². The molecule has 2 aromatic carbocycles. The number of likely N-dealkylation sites (tertiary alicyclic amines) is 1. The Morgan fingerprint density at radius 1 is 1.31 bits per heavy atom. The van der Waals surface area contributed by atoms with Gasteiger partial charge in [-0.25, -0.2) is 0 Å². The second kappa shape index (κ2) is 6.35. The third kappa shape index (κ3) is 2.55. The molecule has 1 aliphatic rings. The fraction of sp³-hybridized carbons (Fsp3) is 0.174. The van der Waals surface area contributed by atoms with Gasteiger partial charge in [0.05, 0.1) is 23.3 Å². The largest absolute Gasteiger partial charge is 0.339 e. The van der Waals surface area contributed by atoms with Crippen molar-refractivity contribution in [2.45, 2.75) is 13.0 Å². The number of carbonyl (C=O) groups excluding carboxylic acids is 1. The van der Waals surface area contributed by atoms with E-state index in [4.69, 9.17) is 0 Å². The first-order valence-electron chi connectivity index (χ1n) is 9.50. The highest BCUT2D eigenvalue weighted by atomic mass is 16.2. The molecule has 142 valence electrons. The molecule has 1 fully saturated rings. The van der Waals surface area contributed by atoms with Gasteiger partial charge >= 0.3 is 0 Å². The predicted molar refractivity (Wildman–Crippen MR) is 112 cm³/mol. The third-order valence-corrected chi connectivity index (χ3v) is 5.82. The van der Waals surface area contributed by atoms with E-state index in [9.17, 15) is 10.1 Å². The number of H-pyrrole nitrogens is 1. The lowest BCUT2D eigenvalue weighted by molar-refractivity contribution is -0.131. The van der Waals surface area contributed by atoms with Gasteiger partial charge in [0.15, 0.2) is 0 Å². The number of hydrogen-bond acceptors (Lipinski definition) is 3. The number of hydrogen-bond donors (Lipinski definition) is 1. The highest BCUT2D eigenvalue weighted by Gasteiger charge is 2.31. The smallest absolute Gasteiger partial charge is 0.246 e. The molecular weight excluding hydrogens is 362 g/mol. The van der Waals surface area contributed by atoms with Gasteiger partial charge in [0, 0.05) is 35.6 Å². The topological polar surface area (TPSA) is 77.7 Å². The van der Waals surface area contributed by atoms with Gasteiger partial charge in [-0.05, 0) is 47.9 Å². The van der Waals surface area contributed by atoms with Gasteiger partial charge in [-0.3, -0.25) is 9.89 Å². The molecule has 29 heavy (non-hydrogen) atoms. The van der Waals surface area contributed by atoms with Gasteiger partial charge in [0.25, 0.3) is 0 Å². The summed E-state index contributed by atoms with van der Waals surface area (Å²) in [4.78, 5) is 13.5. The normalized spacial score (nSPS) is 14.1. The summed E-state index contributed by atoms with van der Waals surface area (Å²) < 4.78 is 2.12. The monoisotopic (exact) mass is 381 g/mol. The number of nitrogens with zero attached hydrogens (tertiary/aromatic N) is 4. The summed E-state index contributed by atoms with van der Waals surface area (Å²) in [6.45, 7) is 6.90. The van der Waals surface area contributed by atoms with E-state index in [1.807, 2.05) is 18.5 Å². The van der Waals surface area contributed by atoms with Crippen molar-refractivity contribution in [2.75, 3.05) is 13.1 Å². The van der Waals surface area contributed by atoms with Crippen molar-refractivity contribution >= 4 is 27.7 Å². The second-order valence-electron chi connectivity index (χ2n) is 7.48. The number of benzene rings is 2. The SMILES string of the molecule is C=CC(=O)N1CC(n2cc(C#N)c3cc(-c4c(C)ccc5[nH]ncc45)ccc32)C1. The molecule has 6 heteroatoms. The summed E-state index contributed by atoms with van der Waals surface area (Å²) >= 11 is 0.